The molecule has 0 saturated carbocycles. The number of hydrogen-bond acceptors (Lipinski definition) is 3. The molecular weight excluding hydrogens is 243 g/mol. The second kappa shape index (κ2) is 5.51. The summed E-state index contributed by atoms with van der Waals surface area (Å²) in [7, 11) is 1.55. The van der Waals surface area contributed by atoms with Crippen LogP contribution in [0.1, 0.15) is 11.1 Å². The number of nitriles is 1. The molecule has 3 nitrogen and oxygen atoms in total. The van der Waals surface area contributed by atoms with Crippen LogP contribution >= 0.6 is 0 Å². The van der Waals surface area contributed by atoms with Crippen molar-refractivity contribution < 1.29 is 9.13 Å². The Hall–Kier alpha value is -2.38. The first-order valence-corrected chi connectivity index (χ1v) is 5.76. The maximum Gasteiger partial charge on any atom is 0.127 e. The van der Waals surface area contributed by atoms with Gasteiger partial charge in [0, 0.05) is 17.7 Å². The predicted octanol–water partition coefficient (Wildman–Crippen LogP) is 2.83. The monoisotopic (exact) mass is 256 g/mol. The van der Waals surface area contributed by atoms with E-state index in [1.54, 1.807) is 37.4 Å². The molecule has 0 aromatic heterocycles. The van der Waals surface area contributed by atoms with Gasteiger partial charge in [0.2, 0.25) is 0 Å². The second-order valence-corrected chi connectivity index (χ2v) is 4.04. The number of hydrogen-bond donors (Lipinski definition) is 1. The van der Waals surface area contributed by atoms with E-state index in [2.05, 4.69) is 6.07 Å². The van der Waals surface area contributed by atoms with Gasteiger partial charge in [-0.3, -0.25) is 0 Å². The molecule has 0 saturated heterocycles. The fourth-order valence-corrected chi connectivity index (χ4v) is 1.90. The molecule has 0 atom stereocenters. The molecule has 0 radical (unpaired) electrons. The summed E-state index contributed by atoms with van der Waals surface area (Å²) in [6.07, 6.45) is 0. The highest BCUT2D eigenvalue weighted by Gasteiger charge is 2.09. The highest BCUT2D eigenvalue weighted by molar-refractivity contribution is 5.72. The SMILES string of the molecule is COc1ccc(C#N)cc1-c1ccc(F)c(CN)c1. The number of nitrogens with zero attached hydrogens (tertiary/aromatic N) is 1. The zero-order valence-electron chi connectivity index (χ0n) is 10.5. The third-order valence-corrected chi connectivity index (χ3v) is 2.91. The maximum atomic E-state index is 13.4. The summed E-state index contributed by atoms with van der Waals surface area (Å²) in [6.45, 7) is 0.125. The maximum absolute atomic E-state index is 13.4. The summed E-state index contributed by atoms with van der Waals surface area (Å²) in [5.74, 6) is 0.301. The van der Waals surface area contributed by atoms with Crippen LogP contribution in [0.15, 0.2) is 36.4 Å². The average molecular weight is 256 g/mol. The van der Waals surface area contributed by atoms with E-state index >= 15 is 0 Å². The highest BCUT2D eigenvalue weighted by Crippen LogP contribution is 2.31. The minimum absolute atomic E-state index is 0.125. The van der Waals surface area contributed by atoms with Crippen molar-refractivity contribution in [2.75, 3.05) is 7.11 Å². The molecule has 0 aliphatic heterocycles. The highest BCUT2D eigenvalue weighted by atomic mass is 19.1. The first-order valence-electron chi connectivity index (χ1n) is 5.76. The van der Waals surface area contributed by atoms with Gasteiger partial charge in [-0.25, -0.2) is 4.39 Å². The van der Waals surface area contributed by atoms with Crippen molar-refractivity contribution in [3.63, 3.8) is 0 Å². The van der Waals surface area contributed by atoms with Crippen molar-refractivity contribution in [3.8, 4) is 22.9 Å². The first-order chi connectivity index (χ1) is 9.19. The van der Waals surface area contributed by atoms with E-state index in [4.69, 9.17) is 15.7 Å². The quantitative estimate of drug-likeness (QED) is 0.918. The Morgan fingerprint density at radius 1 is 1.26 bits per heavy atom. The van der Waals surface area contributed by atoms with Crippen LogP contribution in [0.4, 0.5) is 4.39 Å². The zero-order valence-corrected chi connectivity index (χ0v) is 10.5. The lowest BCUT2D eigenvalue weighted by molar-refractivity contribution is 0.416. The Kier molecular flexibility index (Phi) is 3.79. The van der Waals surface area contributed by atoms with Crippen LogP contribution in [-0.4, -0.2) is 7.11 Å². The Balaban J connectivity index is 2.60. The molecule has 0 heterocycles. The summed E-state index contributed by atoms with van der Waals surface area (Å²) in [5, 5.41) is 8.95. The fraction of sp³-hybridized carbons (Fsp3) is 0.133. The summed E-state index contributed by atoms with van der Waals surface area (Å²) < 4.78 is 18.7. The Bertz CT molecular complexity index is 647. The topological polar surface area (TPSA) is 59.0 Å². The molecule has 96 valence electrons. The van der Waals surface area contributed by atoms with Gasteiger partial charge in [-0.05, 0) is 35.9 Å². The van der Waals surface area contributed by atoms with Gasteiger partial charge in [-0.1, -0.05) is 6.07 Å². The van der Waals surface area contributed by atoms with Crippen molar-refractivity contribution in [2.45, 2.75) is 6.54 Å². The minimum Gasteiger partial charge on any atom is -0.496 e. The molecule has 0 aliphatic carbocycles. The van der Waals surface area contributed by atoms with Crippen LogP contribution in [0.5, 0.6) is 5.75 Å². The lowest BCUT2D eigenvalue weighted by Crippen LogP contribution is -2.00. The zero-order chi connectivity index (χ0) is 13.8. The normalized spacial score (nSPS) is 10.0. The number of methoxy groups -OCH3 is 1. The average Bonchev–Trinajstić information content (AvgIpc) is 2.47. The van der Waals surface area contributed by atoms with Gasteiger partial charge >= 0.3 is 0 Å². The molecule has 19 heavy (non-hydrogen) atoms. The molecule has 0 unspecified atom stereocenters. The van der Waals surface area contributed by atoms with Gasteiger partial charge in [0.05, 0.1) is 18.7 Å². The van der Waals surface area contributed by atoms with E-state index in [0.29, 0.717) is 16.9 Å². The Morgan fingerprint density at radius 2 is 2.05 bits per heavy atom. The largest absolute Gasteiger partial charge is 0.496 e. The van der Waals surface area contributed by atoms with Crippen LogP contribution in [0.2, 0.25) is 0 Å². The van der Waals surface area contributed by atoms with E-state index in [1.165, 1.54) is 6.07 Å². The predicted molar refractivity (Wildman–Crippen MR) is 71.0 cm³/mol. The minimum atomic E-state index is -0.332. The number of nitrogens with two attached hydrogens (primary N) is 1. The molecule has 0 aliphatic rings. The van der Waals surface area contributed by atoms with Crippen molar-refractivity contribution in [1.82, 2.24) is 0 Å². The number of rotatable bonds is 3. The summed E-state index contributed by atoms with van der Waals surface area (Å²) in [5.41, 5.74) is 7.98. The lowest BCUT2D eigenvalue weighted by Gasteiger charge is -2.10. The van der Waals surface area contributed by atoms with E-state index < -0.39 is 0 Å². The smallest absolute Gasteiger partial charge is 0.127 e. The second-order valence-electron chi connectivity index (χ2n) is 4.04. The molecule has 2 aromatic rings. The first kappa shape index (κ1) is 13.1. The lowest BCUT2D eigenvalue weighted by atomic mass is 10.00. The molecule has 0 bridgehead atoms. The van der Waals surface area contributed by atoms with Crippen LogP contribution in [-0.2, 0) is 6.54 Å². The summed E-state index contributed by atoms with van der Waals surface area (Å²) in [6, 6.07) is 11.9. The number of halogens is 1. The number of benzene rings is 2. The molecule has 2 N–H and O–H groups in total. The van der Waals surface area contributed by atoms with Crippen molar-refractivity contribution in [3.05, 3.63) is 53.3 Å². The van der Waals surface area contributed by atoms with Crippen LogP contribution in [0, 0.1) is 17.1 Å². The summed E-state index contributed by atoms with van der Waals surface area (Å²) in [4.78, 5) is 0. The standard InChI is InChI=1S/C15H13FN2O/c1-19-15-5-2-10(8-17)6-13(15)11-3-4-14(16)12(7-11)9-18/h2-7H,9,18H2,1H3. The fourth-order valence-electron chi connectivity index (χ4n) is 1.90. The van der Waals surface area contributed by atoms with E-state index in [0.717, 1.165) is 11.1 Å². The molecule has 0 spiro atoms. The summed E-state index contributed by atoms with van der Waals surface area (Å²) >= 11 is 0. The van der Waals surface area contributed by atoms with Crippen molar-refractivity contribution >= 4 is 0 Å². The Morgan fingerprint density at radius 3 is 2.68 bits per heavy atom. The molecule has 4 heteroatoms. The van der Waals surface area contributed by atoms with E-state index in [-0.39, 0.29) is 12.4 Å². The number of ether oxygens (including phenoxy) is 1. The van der Waals surface area contributed by atoms with E-state index in [1.807, 2.05) is 0 Å². The molecule has 2 rings (SSSR count). The van der Waals surface area contributed by atoms with E-state index in [9.17, 15) is 4.39 Å². The van der Waals surface area contributed by atoms with Crippen LogP contribution in [0.25, 0.3) is 11.1 Å². The van der Waals surface area contributed by atoms with Gasteiger partial charge in [0.1, 0.15) is 11.6 Å². The third-order valence-electron chi connectivity index (χ3n) is 2.91. The van der Waals surface area contributed by atoms with Gasteiger partial charge in [0.15, 0.2) is 0 Å². The Labute approximate surface area is 111 Å². The van der Waals surface area contributed by atoms with Gasteiger partial charge in [-0.2, -0.15) is 5.26 Å². The molecular formula is C15H13FN2O. The van der Waals surface area contributed by atoms with Gasteiger partial charge < -0.3 is 10.5 Å². The van der Waals surface area contributed by atoms with Crippen molar-refractivity contribution in [2.24, 2.45) is 5.73 Å². The van der Waals surface area contributed by atoms with Crippen molar-refractivity contribution in [1.29, 1.82) is 5.26 Å². The van der Waals surface area contributed by atoms with Gasteiger partial charge in [0.25, 0.3) is 0 Å². The van der Waals surface area contributed by atoms with Crippen LogP contribution in [0.3, 0.4) is 0 Å². The molecule has 0 amide bonds. The molecule has 0 fully saturated rings. The van der Waals surface area contributed by atoms with Gasteiger partial charge in [-0.15, -0.1) is 0 Å². The molecule has 2 aromatic carbocycles. The van der Waals surface area contributed by atoms with Crippen LogP contribution < -0.4 is 10.5 Å². The third kappa shape index (κ3) is 2.56.